The Balaban J connectivity index is 2.79. The average Bonchev–Trinajstić information content (AvgIpc) is 2.34. The largest absolute Gasteiger partial charge is 0.484 e. The molecular weight excluding hydrogens is 331 g/mol. The number of nitrogens with one attached hydrogen (secondary N) is 2. The van der Waals surface area contributed by atoms with E-state index < -0.39 is 22.9 Å². The van der Waals surface area contributed by atoms with Gasteiger partial charge in [-0.15, -0.1) is 0 Å². The molecule has 0 bridgehead atoms. The second-order valence-corrected chi connectivity index (χ2v) is 5.82. The molecular formula is C10H12F3N3O3S2. The van der Waals surface area contributed by atoms with E-state index in [1.165, 1.54) is 22.9 Å². The van der Waals surface area contributed by atoms with E-state index in [1.54, 1.807) is 6.07 Å². The van der Waals surface area contributed by atoms with Gasteiger partial charge in [0.2, 0.25) is 0 Å². The number of hydrogen-bond donors (Lipinski definition) is 3. The third-order valence-electron chi connectivity index (χ3n) is 1.96. The van der Waals surface area contributed by atoms with Crippen LogP contribution in [0.1, 0.15) is 0 Å². The number of alkyl halides is 3. The van der Waals surface area contributed by atoms with Gasteiger partial charge >= 0.3 is 6.18 Å². The summed E-state index contributed by atoms with van der Waals surface area (Å²) in [4.78, 5) is 0.0443. The molecule has 1 aromatic rings. The molecule has 0 atom stereocenters. The molecule has 0 aliphatic carbocycles. The van der Waals surface area contributed by atoms with Crippen molar-refractivity contribution in [3.63, 3.8) is 0 Å². The summed E-state index contributed by atoms with van der Waals surface area (Å²) < 4.78 is 67.5. The predicted octanol–water partition coefficient (Wildman–Crippen LogP) is 1.16. The van der Waals surface area contributed by atoms with Gasteiger partial charge in [-0.3, -0.25) is 4.72 Å². The third-order valence-corrected chi connectivity index (χ3v) is 3.09. The highest BCUT2D eigenvalue weighted by Crippen LogP contribution is 2.24. The fraction of sp³-hybridized carbons (Fsp3) is 0.300. The van der Waals surface area contributed by atoms with E-state index in [9.17, 15) is 21.6 Å². The number of ether oxygens (including phenoxy) is 1. The van der Waals surface area contributed by atoms with Crippen LogP contribution in [-0.4, -0.2) is 32.7 Å². The second-order valence-electron chi connectivity index (χ2n) is 3.79. The van der Waals surface area contributed by atoms with Crippen LogP contribution >= 0.6 is 12.2 Å². The minimum Gasteiger partial charge on any atom is -0.484 e. The van der Waals surface area contributed by atoms with E-state index in [1.807, 2.05) is 4.72 Å². The number of nitrogens with two attached hydrogens (primary N) is 1. The zero-order valence-electron chi connectivity index (χ0n) is 10.5. The fourth-order valence-electron chi connectivity index (χ4n) is 1.18. The Labute approximate surface area is 124 Å². The molecule has 1 rings (SSSR count). The van der Waals surface area contributed by atoms with Gasteiger partial charge in [0, 0.05) is 0 Å². The molecule has 0 aromatic heterocycles. The quantitative estimate of drug-likeness (QED) is 0.646. The second kappa shape index (κ2) is 6.91. The maximum Gasteiger partial charge on any atom is 0.402 e. The van der Waals surface area contributed by atoms with Gasteiger partial charge in [0.05, 0.1) is 5.69 Å². The van der Waals surface area contributed by atoms with Gasteiger partial charge in [0.1, 0.15) is 23.9 Å². The van der Waals surface area contributed by atoms with E-state index >= 15 is 0 Å². The first-order valence-electron chi connectivity index (χ1n) is 5.43. The molecule has 0 aliphatic heterocycles. The van der Waals surface area contributed by atoms with Crippen LogP contribution in [0.4, 0.5) is 18.9 Å². The summed E-state index contributed by atoms with van der Waals surface area (Å²) in [6.07, 6.45) is -4.66. The maximum absolute atomic E-state index is 12.0. The van der Waals surface area contributed by atoms with Crippen LogP contribution in [-0.2, 0) is 10.2 Å². The van der Waals surface area contributed by atoms with Gasteiger partial charge in [-0.2, -0.15) is 26.3 Å². The number of rotatable bonds is 7. The summed E-state index contributed by atoms with van der Waals surface area (Å²) in [5.74, 6) is 0.0858. The highest BCUT2D eigenvalue weighted by atomic mass is 32.2. The molecule has 6 nitrogen and oxygen atoms in total. The highest BCUT2D eigenvalue weighted by Gasteiger charge is 2.29. The minimum atomic E-state index is -4.66. The van der Waals surface area contributed by atoms with Gasteiger partial charge in [-0.25, -0.2) is 0 Å². The molecule has 0 heterocycles. The van der Waals surface area contributed by atoms with Crippen molar-refractivity contribution >= 4 is 33.1 Å². The van der Waals surface area contributed by atoms with Crippen LogP contribution in [0.3, 0.4) is 0 Å². The molecule has 0 unspecified atom stereocenters. The third kappa shape index (κ3) is 7.11. The highest BCUT2D eigenvalue weighted by molar-refractivity contribution is 7.90. The minimum absolute atomic E-state index is 0.0385. The molecule has 0 saturated heterocycles. The Hall–Kier alpha value is -1.59. The lowest BCUT2D eigenvalue weighted by molar-refractivity contribution is -0.121. The van der Waals surface area contributed by atoms with E-state index in [4.69, 9.17) is 10.5 Å². The summed E-state index contributed by atoms with van der Waals surface area (Å²) in [5, 5.41) is 0. The predicted molar refractivity (Wildman–Crippen MR) is 75.3 cm³/mol. The normalized spacial score (nSPS) is 12.0. The molecule has 0 spiro atoms. The van der Waals surface area contributed by atoms with Crippen molar-refractivity contribution in [1.29, 1.82) is 0 Å². The van der Waals surface area contributed by atoms with Crippen LogP contribution in [0.25, 0.3) is 0 Å². The zero-order chi connectivity index (χ0) is 16.1. The van der Waals surface area contributed by atoms with E-state index in [0.717, 1.165) is 0 Å². The smallest absolute Gasteiger partial charge is 0.402 e. The monoisotopic (exact) mass is 343 g/mol. The molecule has 11 heteroatoms. The van der Waals surface area contributed by atoms with Crippen molar-refractivity contribution < 1.29 is 26.3 Å². The summed E-state index contributed by atoms with van der Waals surface area (Å²) in [6, 6.07) is 5.77. The molecule has 0 fully saturated rings. The van der Waals surface area contributed by atoms with Crippen molar-refractivity contribution in [2.45, 2.75) is 6.18 Å². The number of thiocarbonyl (C=S) groups is 1. The molecule has 1 aromatic carbocycles. The van der Waals surface area contributed by atoms with Crippen LogP contribution in [0.5, 0.6) is 5.75 Å². The SMILES string of the molecule is NC(=S)COc1ccccc1NS(=O)(=O)NCC(F)(F)F. The zero-order valence-corrected chi connectivity index (χ0v) is 12.1. The van der Waals surface area contributed by atoms with Gasteiger partial charge in [-0.1, -0.05) is 24.4 Å². The van der Waals surface area contributed by atoms with Gasteiger partial charge in [-0.05, 0) is 12.1 Å². The first-order valence-corrected chi connectivity index (χ1v) is 7.32. The Morgan fingerprint density at radius 1 is 1.33 bits per heavy atom. The lowest BCUT2D eigenvalue weighted by atomic mass is 10.3. The molecule has 4 N–H and O–H groups in total. The van der Waals surface area contributed by atoms with Crippen molar-refractivity contribution in [1.82, 2.24) is 4.72 Å². The van der Waals surface area contributed by atoms with Crippen molar-refractivity contribution in [2.75, 3.05) is 17.9 Å². The molecule has 0 radical (unpaired) electrons. The number of hydrogen-bond acceptors (Lipinski definition) is 4. The first kappa shape index (κ1) is 17.5. The topological polar surface area (TPSA) is 93.4 Å². The number of halogens is 3. The Morgan fingerprint density at radius 2 is 1.95 bits per heavy atom. The van der Waals surface area contributed by atoms with Gasteiger partial charge < -0.3 is 10.5 Å². The Bertz CT molecular complexity index is 605. The first-order chi connectivity index (χ1) is 9.59. The molecule has 21 heavy (non-hydrogen) atoms. The van der Waals surface area contributed by atoms with E-state index in [2.05, 4.69) is 12.2 Å². The van der Waals surface area contributed by atoms with Crippen molar-refractivity contribution in [3.8, 4) is 5.75 Å². The van der Waals surface area contributed by atoms with Crippen LogP contribution < -0.4 is 19.9 Å². The summed E-state index contributed by atoms with van der Waals surface area (Å²) in [5.41, 5.74) is 5.21. The Morgan fingerprint density at radius 3 is 2.52 bits per heavy atom. The molecule has 0 aliphatic rings. The summed E-state index contributed by atoms with van der Waals surface area (Å²) in [7, 11) is -4.39. The molecule has 118 valence electrons. The van der Waals surface area contributed by atoms with E-state index in [-0.39, 0.29) is 23.0 Å². The summed E-state index contributed by atoms with van der Waals surface area (Å²) in [6.45, 7) is -1.82. The number of anilines is 1. The van der Waals surface area contributed by atoms with Crippen molar-refractivity contribution in [2.24, 2.45) is 5.73 Å². The van der Waals surface area contributed by atoms with Gasteiger partial charge in [0.25, 0.3) is 10.2 Å². The molecule has 0 amide bonds. The van der Waals surface area contributed by atoms with Crippen LogP contribution in [0.15, 0.2) is 24.3 Å². The lowest BCUT2D eigenvalue weighted by Gasteiger charge is -2.14. The lowest BCUT2D eigenvalue weighted by Crippen LogP contribution is -2.37. The standard InChI is InChI=1S/C10H12F3N3O3S2/c11-10(12,13)6-15-21(17,18)16-7-3-1-2-4-8(7)19-5-9(14)20/h1-4,15-16H,5-6H2,(H2,14,20). The van der Waals surface area contributed by atoms with Crippen molar-refractivity contribution in [3.05, 3.63) is 24.3 Å². The van der Waals surface area contributed by atoms with Gasteiger partial charge in [0.15, 0.2) is 0 Å². The van der Waals surface area contributed by atoms with Crippen LogP contribution in [0.2, 0.25) is 0 Å². The van der Waals surface area contributed by atoms with E-state index in [0.29, 0.717) is 0 Å². The fourth-order valence-corrected chi connectivity index (χ4v) is 2.13. The maximum atomic E-state index is 12.0. The summed E-state index contributed by atoms with van der Waals surface area (Å²) >= 11 is 4.61. The van der Waals surface area contributed by atoms with Crippen LogP contribution in [0, 0.1) is 0 Å². The number of benzene rings is 1. The number of para-hydroxylation sites is 2. The molecule has 0 saturated carbocycles. The Kier molecular flexibility index (Phi) is 5.75. The average molecular weight is 343 g/mol.